The summed E-state index contributed by atoms with van der Waals surface area (Å²) in [4.78, 5) is 23.4. The fourth-order valence-corrected chi connectivity index (χ4v) is 22.4. The minimum atomic E-state index is -1.000. The van der Waals surface area contributed by atoms with Gasteiger partial charge in [0.1, 0.15) is 0 Å². The summed E-state index contributed by atoms with van der Waals surface area (Å²) < 4.78 is 0. The molecule has 0 heterocycles. The summed E-state index contributed by atoms with van der Waals surface area (Å²) in [5, 5.41) is 18.2. The van der Waals surface area contributed by atoms with E-state index in [1.807, 2.05) is 0 Å². The Balaban J connectivity index is 0.000000900. The molecular weight excluding hydrogens is 839 g/mol. The van der Waals surface area contributed by atoms with Crippen LogP contribution < -0.4 is 0 Å². The van der Waals surface area contributed by atoms with E-state index >= 15 is 0 Å². The molecule has 362 valence electrons. The van der Waals surface area contributed by atoms with Gasteiger partial charge in [0.05, 0.1) is 11.1 Å². The zero-order valence-electron chi connectivity index (χ0n) is 41.8. The molecule has 0 saturated carbocycles. The molecule has 0 aliphatic heterocycles. The maximum Gasteiger partial charge on any atom is 0.336 e. The van der Waals surface area contributed by atoms with Gasteiger partial charge in [0.15, 0.2) is 0 Å². The Morgan fingerprint density at radius 2 is 0.548 bits per heavy atom. The van der Waals surface area contributed by atoms with Crippen LogP contribution in [-0.4, -0.2) is 71.4 Å². The second-order valence-electron chi connectivity index (χ2n) is 18.4. The third kappa shape index (κ3) is 29.5. The first-order chi connectivity index (χ1) is 30.1. The zero-order chi connectivity index (χ0) is 46.2. The maximum atomic E-state index is 11.1. The number of carboxylic acid groups (broad SMARTS) is 2. The molecule has 0 fully saturated rings. The molecule has 0 saturated heterocycles. The van der Waals surface area contributed by atoms with Gasteiger partial charge in [-0.15, -0.1) is 0 Å². The predicted octanol–water partition coefficient (Wildman–Crippen LogP) is 18.9. The van der Waals surface area contributed by atoms with Crippen molar-refractivity contribution in [2.45, 2.75) is 219 Å². The van der Waals surface area contributed by atoms with Crippen LogP contribution in [0.15, 0.2) is 58.3 Å². The average Bonchev–Trinajstić information content (AvgIpc) is 3.27. The Labute approximate surface area is 394 Å². The van der Waals surface area contributed by atoms with Crippen molar-refractivity contribution in [2.24, 2.45) is 0 Å². The van der Waals surface area contributed by atoms with Gasteiger partial charge in [-0.2, -0.15) is 0 Å². The molecule has 4 nitrogen and oxygen atoms in total. The van der Waals surface area contributed by atoms with Gasteiger partial charge in [-0.3, -0.25) is 0 Å². The maximum absolute atomic E-state index is 11.1. The first-order valence-corrected chi connectivity index (χ1v) is 33.9. The van der Waals surface area contributed by atoms with Gasteiger partial charge >= 0.3 is 285 Å². The van der Waals surface area contributed by atoms with Crippen LogP contribution >= 0.6 is 36.1 Å². The van der Waals surface area contributed by atoms with Crippen molar-refractivity contribution < 1.29 is 19.8 Å². The van der Waals surface area contributed by atoms with E-state index in [-0.39, 0.29) is 11.1 Å². The van der Waals surface area contributed by atoms with Crippen LogP contribution in [0.2, 0.25) is 0 Å². The summed E-state index contributed by atoms with van der Waals surface area (Å²) in [7, 11) is 0.576. The van der Waals surface area contributed by atoms with Crippen molar-refractivity contribution in [3.63, 3.8) is 0 Å². The molecule has 0 aliphatic rings. The number of benzene rings is 2. The fraction of sp³-hybridized carbons (Fsp3) is 0.741. The van der Waals surface area contributed by atoms with Crippen LogP contribution in [0, 0.1) is 0 Å². The Kier molecular flexibility index (Phi) is 40.7. The van der Waals surface area contributed by atoms with Gasteiger partial charge in [0.2, 0.25) is 0 Å². The summed E-state index contributed by atoms with van der Waals surface area (Å²) in [5.41, 5.74) is 0.413. The Morgan fingerprint density at radius 3 is 0.726 bits per heavy atom. The van der Waals surface area contributed by atoms with Crippen molar-refractivity contribution in [1.29, 1.82) is 0 Å². The molecule has 0 aliphatic carbocycles. The van der Waals surface area contributed by atoms with Crippen molar-refractivity contribution in [2.75, 3.05) is 49.3 Å². The quantitative estimate of drug-likeness (QED) is 0.0399. The Hall–Kier alpha value is -1.06. The SMILES string of the molecule is CCCCC[PH](CCCCC)(CCCCC)CCCCC.CCCCC[PH](CCCCC)(CCCCC)CCCCC.O=C(O)c1ccccc1SSc1ccccc1C(=O)O. The first-order valence-electron chi connectivity index (χ1n) is 26.1. The second kappa shape index (κ2) is 41.4. The Bertz CT molecular complexity index is 1160. The number of rotatable bonds is 37. The van der Waals surface area contributed by atoms with Crippen molar-refractivity contribution in [3.05, 3.63) is 59.7 Å². The van der Waals surface area contributed by atoms with Crippen LogP contribution in [-0.2, 0) is 0 Å². The fourth-order valence-electron chi connectivity index (χ4n) is 9.02. The summed E-state index contributed by atoms with van der Waals surface area (Å²) in [6, 6.07) is 13.3. The van der Waals surface area contributed by atoms with E-state index in [0.29, 0.717) is 9.79 Å². The normalized spacial score (nSPS) is 11.9. The molecule has 8 heteroatoms. The molecule has 0 bridgehead atoms. The zero-order valence-corrected chi connectivity index (χ0v) is 45.4. The van der Waals surface area contributed by atoms with Gasteiger partial charge in [-0.1, -0.05) is 45.9 Å². The minimum absolute atomic E-state index is 0.206. The molecule has 0 radical (unpaired) electrons. The molecule has 0 unspecified atom stereocenters. The number of hydrogen-bond donors (Lipinski definition) is 2. The molecule has 2 N–H and O–H groups in total. The van der Waals surface area contributed by atoms with E-state index in [4.69, 9.17) is 10.2 Å². The summed E-state index contributed by atoms with van der Waals surface area (Å²) in [6.45, 7) is 18.8. The average molecular weight is 939 g/mol. The third-order valence-corrected chi connectivity index (χ3v) is 26.7. The number of aromatic carboxylic acids is 2. The molecule has 0 atom stereocenters. The van der Waals surface area contributed by atoms with E-state index in [1.165, 1.54) is 188 Å². The van der Waals surface area contributed by atoms with Gasteiger partial charge in [-0.25, -0.2) is 9.59 Å². The standard InChI is InChI=1S/2C20H45P.C14H10O4S2/c2*1-5-9-13-17-21(18-14-10-6-2,19-15-11-7-3)20-16-12-8-4;15-13(16)9-5-1-3-7-11(9)19-20-12-8-4-2-6-10(12)14(17)18/h2*21H,5-20H2,1-4H3;1-8H,(H,15,16)(H,17,18). The number of hydrogen-bond acceptors (Lipinski definition) is 4. The summed E-state index contributed by atoms with van der Waals surface area (Å²) in [6.07, 6.45) is 48.4. The Morgan fingerprint density at radius 1 is 0.355 bits per heavy atom. The molecule has 0 aromatic heterocycles. The third-order valence-electron chi connectivity index (χ3n) is 12.9. The van der Waals surface area contributed by atoms with E-state index in [9.17, 15) is 9.59 Å². The molecule has 62 heavy (non-hydrogen) atoms. The predicted molar refractivity (Wildman–Crippen MR) is 290 cm³/mol. The van der Waals surface area contributed by atoms with Crippen LogP contribution in [0.3, 0.4) is 0 Å². The van der Waals surface area contributed by atoms with Crippen molar-refractivity contribution >= 4 is 48.1 Å². The largest absolute Gasteiger partial charge is 0.478 e. The molecule has 2 rings (SSSR count). The van der Waals surface area contributed by atoms with Crippen LogP contribution in [0.4, 0.5) is 0 Å². The van der Waals surface area contributed by atoms with E-state index in [2.05, 4.69) is 55.4 Å². The molecule has 0 spiro atoms. The number of unbranched alkanes of at least 4 members (excludes halogenated alkanes) is 16. The van der Waals surface area contributed by atoms with E-state index < -0.39 is 26.5 Å². The van der Waals surface area contributed by atoms with Gasteiger partial charge in [-0.05, 0) is 24.3 Å². The van der Waals surface area contributed by atoms with Crippen LogP contribution in [0.5, 0.6) is 0 Å². The first kappa shape index (κ1) is 60.9. The number of carbonyl (C=O) groups is 2. The number of carboxylic acids is 2. The second-order valence-corrected chi connectivity index (χ2v) is 30.6. The monoisotopic (exact) mass is 939 g/mol. The summed E-state index contributed by atoms with van der Waals surface area (Å²) in [5.74, 6) is -2.00. The van der Waals surface area contributed by atoms with Crippen LogP contribution in [0.1, 0.15) is 230 Å². The molecule has 0 amide bonds. The van der Waals surface area contributed by atoms with E-state index in [0.717, 1.165) is 0 Å². The van der Waals surface area contributed by atoms with Crippen molar-refractivity contribution in [1.82, 2.24) is 0 Å². The topological polar surface area (TPSA) is 74.6 Å². The molecule has 2 aromatic carbocycles. The van der Waals surface area contributed by atoms with Gasteiger partial charge in [0, 0.05) is 9.79 Å². The molecule has 2 aromatic rings. The minimum Gasteiger partial charge on any atom is -0.478 e. The van der Waals surface area contributed by atoms with Gasteiger partial charge < -0.3 is 10.2 Å². The van der Waals surface area contributed by atoms with Crippen LogP contribution in [0.25, 0.3) is 0 Å². The van der Waals surface area contributed by atoms with Gasteiger partial charge in [0.25, 0.3) is 0 Å². The smallest absolute Gasteiger partial charge is 0.336 e. The van der Waals surface area contributed by atoms with Crippen molar-refractivity contribution in [3.8, 4) is 0 Å². The summed E-state index contributed by atoms with van der Waals surface area (Å²) >= 11 is 0. The van der Waals surface area contributed by atoms with E-state index in [1.54, 1.807) is 85.7 Å². The molecular formula is C54H100O4P2S2.